The van der Waals surface area contributed by atoms with Crippen molar-refractivity contribution < 1.29 is 27.1 Å². The lowest BCUT2D eigenvalue weighted by Crippen LogP contribution is -2.30. The number of rotatable bonds is 6. The van der Waals surface area contributed by atoms with Crippen molar-refractivity contribution in [2.75, 3.05) is 33.3 Å². The second-order valence-electron chi connectivity index (χ2n) is 7.97. The van der Waals surface area contributed by atoms with Crippen LogP contribution in [0.3, 0.4) is 0 Å². The summed E-state index contributed by atoms with van der Waals surface area (Å²) in [4.78, 5) is 18.0. The number of carbonyl (C=O) groups is 1. The van der Waals surface area contributed by atoms with Gasteiger partial charge in [-0.15, -0.1) is 11.3 Å². The summed E-state index contributed by atoms with van der Waals surface area (Å²) in [6, 6.07) is 8.31. The largest absolute Gasteiger partial charge is 0.463 e. The molecule has 1 aliphatic rings. The Morgan fingerprint density at radius 3 is 2.52 bits per heavy atom. The van der Waals surface area contributed by atoms with Gasteiger partial charge in [0.1, 0.15) is 17.1 Å². The number of ether oxygens (including phenoxy) is 1. The van der Waals surface area contributed by atoms with E-state index in [2.05, 4.69) is 19.6 Å². The number of aromatic nitrogens is 2. The Kier molecular flexibility index (Phi) is 6.91. The maximum absolute atomic E-state index is 13.1. The molecule has 1 aliphatic heterocycles. The summed E-state index contributed by atoms with van der Waals surface area (Å²) in [5, 5.41) is 4.04. The molecule has 4 rings (SSSR count). The molecule has 11 heteroatoms. The van der Waals surface area contributed by atoms with Gasteiger partial charge in [0, 0.05) is 31.6 Å². The molecule has 0 saturated carbocycles. The van der Waals surface area contributed by atoms with Crippen molar-refractivity contribution in [1.29, 1.82) is 0 Å². The fourth-order valence-electron chi connectivity index (χ4n) is 3.91. The molecule has 0 atom stereocenters. The molecule has 0 aliphatic carbocycles. The normalized spacial score (nSPS) is 16.2. The number of furan rings is 1. The molecule has 33 heavy (non-hydrogen) atoms. The molecule has 0 unspecified atom stereocenters. The van der Waals surface area contributed by atoms with Crippen LogP contribution in [0.4, 0.5) is 13.2 Å². The summed E-state index contributed by atoms with van der Waals surface area (Å²) in [6.07, 6.45) is -3.44. The monoisotopic (exact) mass is 482 g/mol. The first kappa shape index (κ1) is 23.5. The molecule has 0 radical (unpaired) electrons. The Morgan fingerprint density at radius 1 is 1.12 bits per heavy atom. The van der Waals surface area contributed by atoms with Crippen molar-refractivity contribution in [1.82, 2.24) is 19.6 Å². The van der Waals surface area contributed by atoms with Crippen LogP contribution >= 0.6 is 11.3 Å². The molecular weight excluding hydrogens is 457 g/mol. The van der Waals surface area contributed by atoms with E-state index in [1.807, 2.05) is 12.1 Å². The number of nitrogens with zero attached hydrogens (tertiary/aromatic N) is 4. The minimum absolute atomic E-state index is 0.202. The van der Waals surface area contributed by atoms with Gasteiger partial charge in [-0.2, -0.15) is 18.3 Å². The van der Waals surface area contributed by atoms with Gasteiger partial charge in [-0.1, -0.05) is 0 Å². The molecule has 1 fully saturated rings. The van der Waals surface area contributed by atoms with Gasteiger partial charge in [-0.25, -0.2) is 4.79 Å². The van der Waals surface area contributed by atoms with Gasteiger partial charge < -0.3 is 9.15 Å². The quantitative estimate of drug-likeness (QED) is 0.490. The molecular formula is C22H25F3N4O3S. The van der Waals surface area contributed by atoms with Crippen LogP contribution in [0.25, 0.3) is 10.6 Å². The predicted molar refractivity (Wildman–Crippen MR) is 117 cm³/mol. The van der Waals surface area contributed by atoms with E-state index >= 15 is 0 Å². The fraction of sp³-hybridized carbons (Fsp3) is 0.455. The van der Waals surface area contributed by atoms with Gasteiger partial charge in [-0.05, 0) is 49.8 Å². The van der Waals surface area contributed by atoms with Crippen LogP contribution < -0.4 is 0 Å². The van der Waals surface area contributed by atoms with Crippen LogP contribution in [-0.4, -0.2) is 58.8 Å². The van der Waals surface area contributed by atoms with Crippen LogP contribution in [0.5, 0.6) is 0 Å². The summed E-state index contributed by atoms with van der Waals surface area (Å²) in [6.45, 7) is 4.91. The zero-order chi connectivity index (χ0) is 23.6. The van der Waals surface area contributed by atoms with E-state index in [0.29, 0.717) is 12.2 Å². The first-order chi connectivity index (χ1) is 15.7. The van der Waals surface area contributed by atoms with E-state index in [9.17, 15) is 18.0 Å². The van der Waals surface area contributed by atoms with E-state index in [1.54, 1.807) is 12.1 Å². The Hall–Kier alpha value is -2.63. The van der Waals surface area contributed by atoms with Gasteiger partial charge >= 0.3 is 12.1 Å². The highest BCUT2D eigenvalue weighted by Crippen LogP contribution is 2.34. The van der Waals surface area contributed by atoms with Gasteiger partial charge in [0.15, 0.2) is 0 Å². The highest BCUT2D eigenvalue weighted by molar-refractivity contribution is 7.15. The predicted octanol–water partition coefficient (Wildman–Crippen LogP) is 4.25. The Labute approximate surface area is 193 Å². The molecule has 7 nitrogen and oxygen atoms in total. The van der Waals surface area contributed by atoms with Crippen LogP contribution in [0.1, 0.15) is 33.3 Å². The lowest BCUT2D eigenvalue weighted by molar-refractivity contribution is -0.143. The third-order valence-electron chi connectivity index (χ3n) is 5.57. The van der Waals surface area contributed by atoms with Crippen molar-refractivity contribution in [3.63, 3.8) is 0 Å². The molecule has 178 valence electrons. The number of esters is 1. The summed E-state index contributed by atoms with van der Waals surface area (Å²) >= 11 is 1.47. The molecule has 0 amide bonds. The molecule has 0 N–H and O–H groups in total. The summed E-state index contributed by atoms with van der Waals surface area (Å²) in [5.41, 5.74) is -0.414. The Morgan fingerprint density at radius 2 is 1.85 bits per heavy atom. The first-order valence-electron chi connectivity index (χ1n) is 10.5. The lowest BCUT2D eigenvalue weighted by atomic mass is 10.3. The van der Waals surface area contributed by atoms with Crippen molar-refractivity contribution in [2.45, 2.75) is 25.7 Å². The number of methoxy groups -OCH3 is 1. The van der Waals surface area contributed by atoms with Crippen molar-refractivity contribution in [2.24, 2.45) is 7.05 Å². The van der Waals surface area contributed by atoms with E-state index in [4.69, 9.17) is 4.42 Å². The number of alkyl halides is 3. The number of thiophene rings is 1. The smallest absolute Gasteiger partial charge is 0.433 e. The zero-order valence-electron chi connectivity index (χ0n) is 18.4. The van der Waals surface area contributed by atoms with Crippen LogP contribution in [0, 0.1) is 0 Å². The number of hydrogen-bond donors (Lipinski definition) is 0. The van der Waals surface area contributed by atoms with E-state index < -0.39 is 17.8 Å². The van der Waals surface area contributed by atoms with Gasteiger partial charge in [-0.3, -0.25) is 14.5 Å². The second-order valence-corrected chi connectivity index (χ2v) is 9.13. The lowest BCUT2D eigenvalue weighted by Gasteiger charge is -2.20. The molecule has 1 saturated heterocycles. The molecule has 0 spiro atoms. The topological polar surface area (TPSA) is 63.7 Å². The Balaban J connectivity index is 1.33. The first-order valence-corrected chi connectivity index (χ1v) is 11.4. The molecule has 4 heterocycles. The standard InChI is InChI=1S/C22H25F3N4O3S/c1-27-20(22(23,24)25)12-17(26-27)19-7-5-16(33-19)14-29-9-3-8-28(10-11-29)13-15-4-6-18(32-15)21(30)31-2/h4-7,12H,3,8-11,13-14H2,1-2H3. The second kappa shape index (κ2) is 9.70. The third kappa shape index (κ3) is 5.66. The number of hydrogen-bond acceptors (Lipinski definition) is 7. The summed E-state index contributed by atoms with van der Waals surface area (Å²) in [5.74, 6) is 0.437. The van der Waals surface area contributed by atoms with E-state index in [-0.39, 0.29) is 5.76 Å². The molecule has 0 aromatic carbocycles. The Bertz CT molecular complexity index is 1100. The van der Waals surface area contributed by atoms with E-state index in [0.717, 1.165) is 65.4 Å². The van der Waals surface area contributed by atoms with Crippen LogP contribution in [0.2, 0.25) is 0 Å². The highest BCUT2D eigenvalue weighted by atomic mass is 32.1. The SMILES string of the molecule is COC(=O)c1ccc(CN2CCCN(Cc3ccc(-c4cc(C(F)(F)F)n(C)n4)s3)CC2)o1. The third-order valence-corrected chi connectivity index (χ3v) is 6.67. The maximum atomic E-state index is 13.1. The highest BCUT2D eigenvalue weighted by Gasteiger charge is 2.35. The number of halogens is 3. The van der Waals surface area contributed by atoms with E-state index in [1.165, 1.54) is 25.5 Å². The van der Waals surface area contributed by atoms with Gasteiger partial charge in [0.25, 0.3) is 0 Å². The minimum Gasteiger partial charge on any atom is -0.463 e. The van der Waals surface area contributed by atoms with Gasteiger partial charge in [0.2, 0.25) is 5.76 Å². The summed E-state index contributed by atoms with van der Waals surface area (Å²) in [7, 11) is 2.63. The zero-order valence-corrected chi connectivity index (χ0v) is 19.2. The average Bonchev–Trinajstić information content (AvgIpc) is 3.47. The van der Waals surface area contributed by atoms with Crippen molar-refractivity contribution in [3.8, 4) is 10.6 Å². The maximum Gasteiger partial charge on any atom is 0.433 e. The molecule has 3 aromatic heterocycles. The van der Waals surface area contributed by atoms with Crippen molar-refractivity contribution in [3.05, 3.63) is 52.4 Å². The number of carbonyl (C=O) groups excluding carboxylic acids is 1. The molecule has 0 bridgehead atoms. The van der Waals surface area contributed by atoms with Crippen molar-refractivity contribution >= 4 is 17.3 Å². The fourth-order valence-corrected chi connectivity index (χ4v) is 4.91. The molecule has 3 aromatic rings. The van der Waals surface area contributed by atoms with Crippen LogP contribution in [-0.2, 0) is 31.1 Å². The van der Waals surface area contributed by atoms with Crippen LogP contribution in [0.15, 0.2) is 34.7 Å². The minimum atomic E-state index is -4.42. The average molecular weight is 483 g/mol. The van der Waals surface area contributed by atoms with Gasteiger partial charge in [0.05, 0.1) is 18.5 Å². The summed E-state index contributed by atoms with van der Waals surface area (Å²) < 4.78 is 50.3. The number of aryl methyl sites for hydroxylation is 1.